The second kappa shape index (κ2) is 5.61. The number of carbonyl (C=O) groups is 1. The van der Waals surface area contributed by atoms with Gasteiger partial charge in [0.25, 0.3) is 0 Å². The molecule has 146 valence electrons. The molecule has 1 spiro atoms. The summed E-state index contributed by atoms with van der Waals surface area (Å²) in [6.07, 6.45) is 3.00. The molecule has 0 bridgehead atoms. The average molecular weight is 372 g/mol. The molecule has 1 aromatic carbocycles. The first-order chi connectivity index (χ1) is 12.9. The molecule has 3 fully saturated rings. The molecule has 1 aromatic rings. The van der Waals surface area contributed by atoms with Crippen molar-refractivity contribution in [2.45, 2.75) is 56.2 Å². The number of ether oxygens (including phenoxy) is 1. The summed E-state index contributed by atoms with van der Waals surface area (Å²) < 4.78 is 5.22. The predicted molar refractivity (Wildman–Crippen MR) is 101 cm³/mol. The van der Waals surface area contributed by atoms with Crippen LogP contribution in [-0.4, -0.2) is 59.5 Å². The fraction of sp³-hybridized carbons (Fsp3) is 0.667. The molecular formula is C21H28N2O4. The highest BCUT2D eigenvalue weighted by molar-refractivity contribution is 5.78. The molecule has 1 aliphatic carbocycles. The Balaban J connectivity index is 1.73. The number of aliphatic hydroxyl groups is 1. The standard InChI is InChI=1S/C21H28N2O4/c1-3-20-9-13(25)11-23-7-6-21(19(20)23)15-5-4-12(24)8-16(15)22-17(21)14(10-20)18(26)27-2/h4-5,8,13-14,17,19,22,24-25H,3,6-7,9-11H2,1-2H3/t13-,14-,17-,19-,20-,21-/m0/s1. The minimum Gasteiger partial charge on any atom is -0.508 e. The highest BCUT2D eigenvalue weighted by atomic mass is 16.5. The Morgan fingerprint density at radius 2 is 2.22 bits per heavy atom. The van der Waals surface area contributed by atoms with Crippen LogP contribution < -0.4 is 5.32 Å². The quantitative estimate of drug-likeness (QED) is 0.688. The Morgan fingerprint density at radius 1 is 1.41 bits per heavy atom. The van der Waals surface area contributed by atoms with E-state index in [1.807, 2.05) is 6.07 Å². The second-order valence-corrected chi connectivity index (χ2v) is 8.95. The van der Waals surface area contributed by atoms with Gasteiger partial charge in [-0.1, -0.05) is 13.0 Å². The number of esters is 1. The number of aliphatic hydroxyl groups excluding tert-OH is 1. The van der Waals surface area contributed by atoms with Crippen LogP contribution in [0.5, 0.6) is 5.75 Å². The van der Waals surface area contributed by atoms with E-state index in [9.17, 15) is 15.0 Å². The zero-order valence-electron chi connectivity index (χ0n) is 15.9. The number of carbonyl (C=O) groups excluding carboxylic acids is 1. The van der Waals surface area contributed by atoms with Crippen LogP contribution in [-0.2, 0) is 14.9 Å². The van der Waals surface area contributed by atoms with Gasteiger partial charge in [0.15, 0.2) is 0 Å². The van der Waals surface area contributed by atoms with E-state index in [0.717, 1.165) is 37.9 Å². The first kappa shape index (κ1) is 17.3. The first-order valence-electron chi connectivity index (χ1n) is 10.0. The van der Waals surface area contributed by atoms with E-state index >= 15 is 0 Å². The van der Waals surface area contributed by atoms with Crippen molar-refractivity contribution in [3.05, 3.63) is 23.8 Å². The molecule has 6 heteroatoms. The Labute approximate surface area is 159 Å². The number of aromatic hydroxyl groups is 1. The number of hydrogen-bond acceptors (Lipinski definition) is 6. The van der Waals surface area contributed by atoms with Crippen molar-refractivity contribution in [2.75, 3.05) is 25.5 Å². The van der Waals surface area contributed by atoms with Gasteiger partial charge in [-0.25, -0.2) is 0 Å². The van der Waals surface area contributed by atoms with E-state index in [1.165, 1.54) is 12.7 Å². The van der Waals surface area contributed by atoms with Gasteiger partial charge >= 0.3 is 5.97 Å². The maximum Gasteiger partial charge on any atom is 0.310 e. The minimum atomic E-state index is -0.347. The predicted octanol–water partition coefficient (Wildman–Crippen LogP) is 1.85. The monoisotopic (exact) mass is 372 g/mol. The van der Waals surface area contributed by atoms with Crippen LogP contribution in [0.2, 0.25) is 0 Å². The lowest BCUT2D eigenvalue weighted by molar-refractivity contribution is -0.156. The smallest absolute Gasteiger partial charge is 0.310 e. The molecule has 6 nitrogen and oxygen atoms in total. The summed E-state index contributed by atoms with van der Waals surface area (Å²) in [4.78, 5) is 15.3. The maximum absolute atomic E-state index is 12.8. The fourth-order valence-corrected chi connectivity index (χ4v) is 7.16. The van der Waals surface area contributed by atoms with Gasteiger partial charge in [0.1, 0.15) is 5.75 Å². The summed E-state index contributed by atoms with van der Waals surface area (Å²) in [5.41, 5.74) is 1.86. The Kier molecular flexibility index (Phi) is 3.60. The number of anilines is 1. The van der Waals surface area contributed by atoms with Crippen LogP contribution in [0.25, 0.3) is 0 Å². The van der Waals surface area contributed by atoms with Crippen molar-refractivity contribution in [2.24, 2.45) is 11.3 Å². The number of phenols is 1. The van der Waals surface area contributed by atoms with Crippen molar-refractivity contribution < 1.29 is 19.7 Å². The molecule has 3 aliphatic heterocycles. The lowest BCUT2D eigenvalue weighted by Gasteiger charge is -2.60. The van der Waals surface area contributed by atoms with Crippen LogP contribution in [0.15, 0.2) is 18.2 Å². The Hall–Kier alpha value is -1.79. The van der Waals surface area contributed by atoms with Crippen LogP contribution in [0.1, 0.15) is 38.2 Å². The van der Waals surface area contributed by atoms with Crippen molar-refractivity contribution in [3.63, 3.8) is 0 Å². The van der Waals surface area contributed by atoms with E-state index in [4.69, 9.17) is 4.74 Å². The van der Waals surface area contributed by atoms with Crippen LogP contribution in [0, 0.1) is 11.3 Å². The van der Waals surface area contributed by atoms with Crippen LogP contribution >= 0.6 is 0 Å². The summed E-state index contributed by atoms with van der Waals surface area (Å²) in [7, 11) is 1.46. The molecule has 0 unspecified atom stereocenters. The summed E-state index contributed by atoms with van der Waals surface area (Å²) in [5, 5.41) is 24.2. The number of methoxy groups -OCH3 is 1. The fourth-order valence-electron chi connectivity index (χ4n) is 7.16. The SMILES string of the molecule is CC[C@]12C[C@H](O)CN3CC[C@@]4(c5ccc(O)cc5N[C@H]4[C@@H](C(=O)OC)C1)[C@@H]32. The van der Waals surface area contributed by atoms with E-state index < -0.39 is 0 Å². The molecule has 3 N–H and O–H groups in total. The number of fused-ring (bicyclic) bond motifs is 1. The normalized spacial score (nSPS) is 42.0. The number of nitrogens with one attached hydrogen (secondary N) is 1. The lowest BCUT2D eigenvalue weighted by atomic mass is 9.49. The van der Waals surface area contributed by atoms with E-state index in [0.29, 0.717) is 12.6 Å². The maximum atomic E-state index is 12.8. The van der Waals surface area contributed by atoms with E-state index in [2.05, 4.69) is 17.1 Å². The summed E-state index contributed by atoms with van der Waals surface area (Å²) in [6, 6.07) is 5.83. The molecule has 4 aliphatic rings. The number of piperidine rings is 1. The molecular weight excluding hydrogens is 344 g/mol. The third-order valence-electron chi connectivity index (χ3n) is 7.94. The van der Waals surface area contributed by atoms with Gasteiger partial charge < -0.3 is 20.3 Å². The van der Waals surface area contributed by atoms with Gasteiger partial charge in [-0.15, -0.1) is 0 Å². The van der Waals surface area contributed by atoms with Crippen LogP contribution in [0.3, 0.4) is 0 Å². The van der Waals surface area contributed by atoms with Crippen molar-refractivity contribution >= 4 is 11.7 Å². The average Bonchev–Trinajstić information content (AvgIpc) is 3.19. The van der Waals surface area contributed by atoms with E-state index in [-0.39, 0.29) is 40.6 Å². The van der Waals surface area contributed by atoms with Gasteiger partial charge in [0, 0.05) is 29.8 Å². The Morgan fingerprint density at radius 3 is 2.96 bits per heavy atom. The van der Waals surface area contributed by atoms with Crippen LogP contribution in [0.4, 0.5) is 5.69 Å². The third kappa shape index (κ3) is 2.06. The summed E-state index contributed by atoms with van der Waals surface area (Å²) >= 11 is 0. The first-order valence-corrected chi connectivity index (χ1v) is 10.0. The zero-order valence-corrected chi connectivity index (χ0v) is 15.9. The lowest BCUT2D eigenvalue weighted by Crippen LogP contribution is -2.68. The highest BCUT2D eigenvalue weighted by Crippen LogP contribution is 2.65. The minimum absolute atomic E-state index is 0.0355. The molecule has 27 heavy (non-hydrogen) atoms. The van der Waals surface area contributed by atoms with Gasteiger partial charge in [-0.05, 0) is 49.3 Å². The largest absolute Gasteiger partial charge is 0.508 e. The number of benzene rings is 1. The van der Waals surface area contributed by atoms with Gasteiger partial charge in [0.2, 0.25) is 0 Å². The number of rotatable bonds is 2. The Bertz CT molecular complexity index is 798. The second-order valence-electron chi connectivity index (χ2n) is 8.95. The summed E-state index contributed by atoms with van der Waals surface area (Å²) in [6.45, 7) is 3.82. The molecule has 6 atom stereocenters. The topological polar surface area (TPSA) is 82.0 Å². The summed E-state index contributed by atoms with van der Waals surface area (Å²) in [5.74, 6) is -0.193. The molecule has 5 rings (SSSR count). The molecule has 1 saturated carbocycles. The van der Waals surface area contributed by atoms with E-state index in [1.54, 1.807) is 12.1 Å². The molecule has 3 heterocycles. The van der Waals surface area contributed by atoms with Gasteiger partial charge in [0.05, 0.1) is 25.2 Å². The van der Waals surface area contributed by atoms with Gasteiger partial charge in [-0.2, -0.15) is 0 Å². The number of phenolic OH excluding ortho intramolecular Hbond substituents is 1. The third-order valence-corrected chi connectivity index (χ3v) is 7.94. The van der Waals surface area contributed by atoms with Crippen molar-refractivity contribution in [1.29, 1.82) is 0 Å². The molecule has 0 amide bonds. The van der Waals surface area contributed by atoms with Crippen molar-refractivity contribution in [1.82, 2.24) is 4.90 Å². The number of nitrogens with zero attached hydrogens (tertiary/aromatic N) is 1. The molecule has 0 radical (unpaired) electrons. The van der Waals surface area contributed by atoms with Crippen molar-refractivity contribution in [3.8, 4) is 5.75 Å². The highest BCUT2D eigenvalue weighted by Gasteiger charge is 2.70. The zero-order chi connectivity index (χ0) is 19.0. The molecule has 2 saturated heterocycles. The number of hydrogen-bond donors (Lipinski definition) is 3. The molecule has 0 aromatic heterocycles. The van der Waals surface area contributed by atoms with Gasteiger partial charge in [-0.3, -0.25) is 9.69 Å².